The fourth-order valence-corrected chi connectivity index (χ4v) is 1.59. The molecule has 1 aliphatic rings. The molecule has 0 radical (unpaired) electrons. The number of carbonyl (C=O) groups excluding carboxylic acids is 2. The Hall–Kier alpha value is -1.56. The van der Waals surface area contributed by atoms with E-state index < -0.39 is 41.6 Å². The van der Waals surface area contributed by atoms with Crippen LogP contribution in [0.25, 0.3) is 0 Å². The standard InChI is InChI=1S/C7F10O3/c8-3(9)1(18)20-2(19)4(10,11)5(3,6(12,13)14)7(15,16)17. The first-order valence-electron chi connectivity index (χ1n) is 4.21. The number of carbonyl (C=O) groups is 2. The van der Waals surface area contributed by atoms with Gasteiger partial charge in [-0.2, -0.15) is 43.9 Å². The molecule has 0 aromatic carbocycles. The van der Waals surface area contributed by atoms with Gasteiger partial charge < -0.3 is 4.74 Å². The quantitative estimate of drug-likeness (QED) is 0.391. The lowest BCUT2D eigenvalue weighted by Gasteiger charge is -2.46. The summed E-state index contributed by atoms with van der Waals surface area (Å²) >= 11 is 0. The zero-order valence-electron chi connectivity index (χ0n) is 8.50. The van der Waals surface area contributed by atoms with E-state index in [1.54, 1.807) is 0 Å². The highest BCUT2D eigenvalue weighted by Crippen LogP contribution is 2.67. The van der Waals surface area contributed by atoms with Crippen LogP contribution in [-0.4, -0.2) is 36.1 Å². The van der Waals surface area contributed by atoms with Gasteiger partial charge in [-0.3, -0.25) is 0 Å². The van der Waals surface area contributed by atoms with Gasteiger partial charge in [0.25, 0.3) is 0 Å². The van der Waals surface area contributed by atoms with E-state index in [1.165, 1.54) is 0 Å². The molecule has 0 atom stereocenters. The molecule has 116 valence electrons. The molecule has 1 saturated heterocycles. The molecule has 0 N–H and O–H groups in total. The number of halogens is 10. The maximum atomic E-state index is 13.0. The predicted octanol–water partition coefficient (Wildman–Crippen LogP) is 2.45. The van der Waals surface area contributed by atoms with Crippen molar-refractivity contribution in [2.75, 3.05) is 0 Å². The molecule has 13 heteroatoms. The normalized spacial score (nSPS) is 25.3. The maximum Gasteiger partial charge on any atom is 0.416 e. The van der Waals surface area contributed by atoms with E-state index in [0.717, 1.165) is 0 Å². The number of rotatable bonds is 0. The summed E-state index contributed by atoms with van der Waals surface area (Å²) in [4.78, 5) is 20.8. The van der Waals surface area contributed by atoms with Crippen molar-refractivity contribution >= 4 is 11.9 Å². The van der Waals surface area contributed by atoms with Crippen molar-refractivity contribution in [3.63, 3.8) is 0 Å². The first kappa shape index (κ1) is 16.5. The Bertz CT molecular complexity index is 416. The second kappa shape index (κ2) is 3.75. The first-order chi connectivity index (χ1) is 8.55. The highest BCUT2D eigenvalue weighted by molar-refractivity contribution is 5.98. The van der Waals surface area contributed by atoms with Gasteiger partial charge in [0, 0.05) is 0 Å². The van der Waals surface area contributed by atoms with E-state index in [4.69, 9.17) is 0 Å². The third kappa shape index (κ3) is 1.54. The number of hydrogen-bond donors (Lipinski definition) is 0. The van der Waals surface area contributed by atoms with Crippen LogP contribution in [0.3, 0.4) is 0 Å². The molecule has 1 rings (SSSR count). The van der Waals surface area contributed by atoms with Crippen molar-refractivity contribution in [2.45, 2.75) is 24.2 Å². The number of alkyl halides is 10. The number of esters is 2. The molecule has 20 heavy (non-hydrogen) atoms. The average Bonchev–Trinajstić information content (AvgIpc) is 2.09. The molecule has 0 unspecified atom stereocenters. The molecule has 0 amide bonds. The van der Waals surface area contributed by atoms with Crippen LogP contribution < -0.4 is 0 Å². The largest absolute Gasteiger partial charge is 0.416 e. The molecular weight excluding hydrogens is 322 g/mol. The van der Waals surface area contributed by atoms with Gasteiger partial charge >= 0.3 is 41.6 Å². The lowest BCUT2D eigenvalue weighted by Crippen LogP contribution is -2.77. The minimum Gasteiger partial charge on any atom is -0.384 e. The van der Waals surface area contributed by atoms with Gasteiger partial charge in [0.2, 0.25) is 0 Å². The summed E-state index contributed by atoms with van der Waals surface area (Å²) in [6.07, 6.45) is -14.7. The number of cyclic esters (lactones) is 2. The second-order valence-corrected chi connectivity index (χ2v) is 3.57. The summed E-state index contributed by atoms with van der Waals surface area (Å²) < 4.78 is 129. The van der Waals surface area contributed by atoms with Crippen LogP contribution in [0, 0.1) is 5.41 Å². The van der Waals surface area contributed by atoms with Gasteiger partial charge in [-0.05, 0) is 0 Å². The Morgan fingerprint density at radius 3 is 1.15 bits per heavy atom. The molecule has 1 aliphatic heterocycles. The minimum atomic E-state index is -7.37. The van der Waals surface area contributed by atoms with Crippen molar-refractivity contribution in [1.82, 2.24) is 0 Å². The minimum absolute atomic E-state index is 2.58. The van der Waals surface area contributed by atoms with E-state index in [1.807, 2.05) is 0 Å². The molecule has 0 saturated carbocycles. The second-order valence-electron chi connectivity index (χ2n) is 3.57. The van der Waals surface area contributed by atoms with E-state index in [-0.39, 0.29) is 0 Å². The van der Waals surface area contributed by atoms with Gasteiger partial charge in [-0.25, -0.2) is 9.59 Å². The Kier molecular flexibility index (Phi) is 3.10. The van der Waals surface area contributed by atoms with Crippen molar-refractivity contribution < 1.29 is 58.2 Å². The third-order valence-corrected chi connectivity index (χ3v) is 2.49. The van der Waals surface area contributed by atoms with E-state index in [0.29, 0.717) is 0 Å². The molecule has 0 spiro atoms. The van der Waals surface area contributed by atoms with Crippen LogP contribution in [0.2, 0.25) is 0 Å². The molecule has 0 aromatic heterocycles. The number of hydrogen-bond acceptors (Lipinski definition) is 3. The van der Waals surface area contributed by atoms with Crippen LogP contribution in [0.15, 0.2) is 0 Å². The van der Waals surface area contributed by atoms with E-state index in [9.17, 15) is 53.5 Å². The highest BCUT2D eigenvalue weighted by atomic mass is 19.4. The summed E-state index contributed by atoms with van der Waals surface area (Å²) in [6.45, 7) is 0. The molecule has 0 aromatic rings. The average molecular weight is 322 g/mol. The Labute approximate surface area is 101 Å². The summed E-state index contributed by atoms with van der Waals surface area (Å²) in [5, 5.41) is 0. The topological polar surface area (TPSA) is 43.4 Å². The molecule has 0 aliphatic carbocycles. The fraction of sp³-hybridized carbons (Fsp3) is 0.714. The Balaban J connectivity index is 3.91. The van der Waals surface area contributed by atoms with Crippen LogP contribution in [-0.2, 0) is 14.3 Å². The lowest BCUT2D eigenvalue weighted by molar-refractivity contribution is -0.445. The molecule has 0 bridgehead atoms. The first-order valence-corrected chi connectivity index (χ1v) is 4.21. The zero-order chi connectivity index (χ0) is 16.4. The molecule has 3 nitrogen and oxygen atoms in total. The highest BCUT2D eigenvalue weighted by Gasteiger charge is 2.98. The summed E-state index contributed by atoms with van der Waals surface area (Å²) in [7, 11) is 0. The summed E-state index contributed by atoms with van der Waals surface area (Å²) in [5.41, 5.74) is -7.20. The predicted molar refractivity (Wildman–Crippen MR) is 35.5 cm³/mol. The fourth-order valence-electron chi connectivity index (χ4n) is 1.59. The molecule has 1 heterocycles. The zero-order valence-corrected chi connectivity index (χ0v) is 8.50. The maximum absolute atomic E-state index is 13.0. The van der Waals surface area contributed by atoms with Gasteiger partial charge in [-0.15, -0.1) is 0 Å². The van der Waals surface area contributed by atoms with Crippen molar-refractivity contribution in [3.8, 4) is 0 Å². The Morgan fingerprint density at radius 2 is 0.950 bits per heavy atom. The van der Waals surface area contributed by atoms with E-state index >= 15 is 0 Å². The number of ether oxygens (including phenoxy) is 1. The molecular formula is C7F10O3. The monoisotopic (exact) mass is 322 g/mol. The Morgan fingerprint density at radius 1 is 0.700 bits per heavy atom. The SMILES string of the molecule is O=C1OC(=O)C(F)(F)C(C(F)(F)F)(C(F)(F)F)C1(F)F. The van der Waals surface area contributed by atoms with Gasteiger partial charge in [0.1, 0.15) is 0 Å². The van der Waals surface area contributed by atoms with Crippen molar-refractivity contribution in [1.29, 1.82) is 0 Å². The third-order valence-electron chi connectivity index (χ3n) is 2.49. The lowest BCUT2D eigenvalue weighted by atomic mass is 9.71. The van der Waals surface area contributed by atoms with Crippen LogP contribution in [0.4, 0.5) is 43.9 Å². The van der Waals surface area contributed by atoms with Crippen LogP contribution >= 0.6 is 0 Å². The smallest absolute Gasteiger partial charge is 0.384 e. The van der Waals surface area contributed by atoms with E-state index in [2.05, 4.69) is 4.74 Å². The van der Waals surface area contributed by atoms with Crippen LogP contribution in [0.5, 0.6) is 0 Å². The van der Waals surface area contributed by atoms with Crippen molar-refractivity contribution in [2.24, 2.45) is 5.41 Å². The summed E-state index contributed by atoms with van der Waals surface area (Å²) in [5.74, 6) is -20.8. The van der Waals surface area contributed by atoms with Crippen LogP contribution in [0.1, 0.15) is 0 Å². The van der Waals surface area contributed by atoms with Gasteiger partial charge in [0.15, 0.2) is 0 Å². The van der Waals surface area contributed by atoms with Crippen molar-refractivity contribution in [3.05, 3.63) is 0 Å². The van der Waals surface area contributed by atoms with Gasteiger partial charge in [0.05, 0.1) is 0 Å². The molecule has 1 fully saturated rings. The summed E-state index contributed by atoms with van der Waals surface area (Å²) in [6, 6.07) is 0. The van der Waals surface area contributed by atoms with Gasteiger partial charge in [-0.1, -0.05) is 0 Å².